The molecule has 14 nitrogen and oxygen atoms in total. The number of aromatic nitrogens is 4. The number of likely N-dealkylation sites (tertiary alicyclic amines) is 1. The summed E-state index contributed by atoms with van der Waals surface area (Å²) in [7, 11) is 0. The van der Waals surface area contributed by atoms with Gasteiger partial charge in [0.1, 0.15) is 35.2 Å². The van der Waals surface area contributed by atoms with E-state index in [1.165, 1.54) is 0 Å². The molecule has 1 saturated carbocycles. The van der Waals surface area contributed by atoms with Crippen LogP contribution in [0.1, 0.15) is 93.9 Å². The largest absolute Gasteiger partial charge is 0.489 e. The van der Waals surface area contributed by atoms with Gasteiger partial charge in [-0.05, 0) is 99.5 Å². The summed E-state index contributed by atoms with van der Waals surface area (Å²) in [6, 6.07) is 15.3. The van der Waals surface area contributed by atoms with Gasteiger partial charge in [0.2, 0.25) is 5.91 Å². The molecule has 1 aliphatic carbocycles. The smallest absolute Gasteiger partial charge is 0.278 e. The quantitative estimate of drug-likeness (QED) is 0.174. The van der Waals surface area contributed by atoms with Gasteiger partial charge < -0.3 is 19.9 Å². The van der Waals surface area contributed by atoms with Gasteiger partial charge in [0.25, 0.3) is 17.4 Å². The summed E-state index contributed by atoms with van der Waals surface area (Å²) in [4.78, 5) is 60.2. The standard InChI is InChI=1S/C46H50ClN9O5/c1-45(2)43(46(3,4)44(45)61-34-11-7-30(25-48)36(47)24-34)51-40(58)31-6-9-32(49-26-31)8-5-28-15-19-54(20-16-28)27-29-17-21-55(22-18-29)33-10-12-37-35(23-33)42(60)56(53-52-37)38-13-14-39(57)50-41(38)59/h6-7,9-12,23-24,26,28-29,38,43-44H,13-22,27H2,1-4H3,(H,51,58)(H,50,57,59)/t38?,43-,44-. The number of piperidine rings is 3. The van der Waals surface area contributed by atoms with Crippen LogP contribution in [0, 0.1) is 45.8 Å². The van der Waals surface area contributed by atoms with E-state index in [0.29, 0.717) is 50.3 Å². The molecule has 1 atom stereocenters. The van der Waals surface area contributed by atoms with Crippen molar-refractivity contribution in [2.24, 2.45) is 22.7 Å². The van der Waals surface area contributed by atoms with E-state index in [-0.39, 0.29) is 53.2 Å². The van der Waals surface area contributed by atoms with Crippen molar-refractivity contribution in [3.8, 4) is 23.7 Å². The maximum Gasteiger partial charge on any atom is 0.278 e. The topological polar surface area (TPSA) is 175 Å². The Morgan fingerprint density at radius 2 is 1.72 bits per heavy atom. The minimum absolute atomic E-state index is 0.153. The van der Waals surface area contributed by atoms with Crippen molar-refractivity contribution in [3.63, 3.8) is 0 Å². The lowest BCUT2D eigenvalue weighted by Crippen LogP contribution is -2.74. The van der Waals surface area contributed by atoms with Crippen LogP contribution in [0.25, 0.3) is 10.9 Å². The van der Waals surface area contributed by atoms with Crippen LogP contribution in [0.4, 0.5) is 5.69 Å². The summed E-state index contributed by atoms with van der Waals surface area (Å²) in [5.41, 5.74) is 1.81. The molecule has 8 rings (SSSR count). The molecule has 0 radical (unpaired) electrons. The molecule has 2 aromatic carbocycles. The molecule has 4 aliphatic rings. The highest BCUT2D eigenvalue weighted by Crippen LogP contribution is 2.55. The molecular weight excluding hydrogens is 794 g/mol. The van der Waals surface area contributed by atoms with E-state index in [1.54, 1.807) is 36.5 Å². The number of nitrogens with zero attached hydrogens (tertiary/aromatic N) is 7. The van der Waals surface area contributed by atoms with E-state index in [0.717, 1.165) is 68.8 Å². The second-order valence-corrected chi connectivity index (χ2v) is 18.4. The average molecular weight is 844 g/mol. The Bertz CT molecular complexity index is 2510. The van der Waals surface area contributed by atoms with Gasteiger partial charge in [-0.15, -0.1) is 5.10 Å². The molecule has 3 amide bonds. The van der Waals surface area contributed by atoms with Crippen molar-refractivity contribution in [3.05, 3.63) is 86.9 Å². The number of halogens is 1. The van der Waals surface area contributed by atoms with E-state index in [1.807, 2.05) is 18.2 Å². The number of ether oxygens (including phenoxy) is 1. The summed E-state index contributed by atoms with van der Waals surface area (Å²) in [6.45, 7) is 13.1. The molecule has 61 heavy (non-hydrogen) atoms. The van der Waals surface area contributed by atoms with Crippen molar-refractivity contribution >= 4 is 45.9 Å². The number of fused-ring (bicyclic) bond motifs is 1. The average Bonchev–Trinajstić information content (AvgIpc) is 3.25. The van der Waals surface area contributed by atoms with Gasteiger partial charge in [-0.3, -0.25) is 24.5 Å². The number of carbonyl (C=O) groups excluding carboxylic acids is 3. The molecule has 2 aromatic heterocycles. The highest BCUT2D eigenvalue weighted by Gasteiger charge is 2.64. The van der Waals surface area contributed by atoms with Crippen molar-refractivity contribution in [1.82, 2.24) is 35.5 Å². The summed E-state index contributed by atoms with van der Waals surface area (Å²) in [6.07, 6.45) is 5.86. The van der Waals surface area contributed by atoms with Gasteiger partial charge in [0, 0.05) is 66.8 Å². The third-order valence-corrected chi connectivity index (χ3v) is 13.4. The van der Waals surface area contributed by atoms with E-state index >= 15 is 0 Å². The zero-order chi connectivity index (χ0) is 43.1. The summed E-state index contributed by atoms with van der Waals surface area (Å²) < 4.78 is 7.47. The van der Waals surface area contributed by atoms with Gasteiger partial charge in [0.15, 0.2) is 0 Å². The van der Waals surface area contributed by atoms with Crippen LogP contribution < -0.4 is 25.8 Å². The van der Waals surface area contributed by atoms with E-state index in [4.69, 9.17) is 16.3 Å². The molecule has 1 unspecified atom stereocenters. The Balaban J connectivity index is 0.786. The summed E-state index contributed by atoms with van der Waals surface area (Å²) in [5, 5.41) is 23.7. The third-order valence-electron chi connectivity index (χ3n) is 13.1. The number of benzene rings is 2. The van der Waals surface area contributed by atoms with E-state index in [9.17, 15) is 24.4 Å². The number of hydrogen-bond donors (Lipinski definition) is 2. The molecule has 15 heteroatoms. The van der Waals surface area contributed by atoms with Crippen LogP contribution in [-0.2, 0) is 9.59 Å². The first kappa shape index (κ1) is 41.9. The van der Waals surface area contributed by atoms with Crippen LogP contribution >= 0.6 is 11.6 Å². The van der Waals surface area contributed by atoms with Gasteiger partial charge in [0.05, 0.1) is 21.5 Å². The van der Waals surface area contributed by atoms with Crippen LogP contribution in [-0.4, -0.2) is 87.5 Å². The maximum atomic E-state index is 13.4. The predicted molar refractivity (Wildman–Crippen MR) is 230 cm³/mol. The molecule has 2 N–H and O–H groups in total. The second kappa shape index (κ2) is 16.9. The maximum absolute atomic E-state index is 13.4. The summed E-state index contributed by atoms with van der Waals surface area (Å²) >= 11 is 6.24. The Labute approximate surface area is 360 Å². The van der Waals surface area contributed by atoms with Crippen molar-refractivity contribution in [1.29, 1.82) is 5.26 Å². The minimum atomic E-state index is -0.851. The van der Waals surface area contributed by atoms with Crippen LogP contribution in [0.15, 0.2) is 59.5 Å². The number of carbonyl (C=O) groups is 3. The number of hydrogen-bond acceptors (Lipinski definition) is 11. The van der Waals surface area contributed by atoms with E-state index in [2.05, 4.69) is 81.3 Å². The number of rotatable bonds is 8. The molecule has 316 valence electrons. The zero-order valence-corrected chi connectivity index (χ0v) is 35.7. The van der Waals surface area contributed by atoms with Gasteiger partial charge in [-0.2, -0.15) is 9.94 Å². The molecular formula is C46H50ClN9O5. The van der Waals surface area contributed by atoms with Gasteiger partial charge >= 0.3 is 0 Å². The molecule has 4 fully saturated rings. The molecule has 0 bridgehead atoms. The highest BCUT2D eigenvalue weighted by molar-refractivity contribution is 6.31. The first-order chi connectivity index (χ1) is 29.2. The number of amides is 3. The number of nitriles is 1. The first-order valence-corrected chi connectivity index (χ1v) is 21.4. The highest BCUT2D eigenvalue weighted by atomic mass is 35.5. The Morgan fingerprint density at radius 3 is 2.39 bits per heavy atom. The number of imide groups is 1. The zero-order valence-electron chi connectivity index (χ0n) is 34.9. The van der Waals surface area contributed by atoms with Gasteiger partial charge in [-0.1, -0.05) is 50.4 Å². The van der Waals surface area contributed by atoms with Crippen LogP contribution in [0.2, 0.25) is 5.02 Å². The van der Waals surface area contributed by atoms with Crippen molar-refractivity contribution < 1.29 is 19.1 Å². The lowest BCUT2D eigenvalue weighted by Gasteiger charge is -2.63. The fourth-order valence-electron chi connectivity index (χ4n) is 9.95. The lowest BCUT2D eigenvalue weighted by molar-refractivity contribution is -0.164. The molecule has 5 heterocycles. The number of anilines is 1. The molecule has 3 saturated heterocycles. The summed E-state index contributed by atoms with van der Waals surface area (Å²) in [5.74, 6) is 7.07. The van der Waals surface area contributed by atoms with Crippen LogP contribution in [0.5, 0.6) is 5.75 Å². The Morgan fingerprint density at radius 1 is 0.967 bits per heavy atom. The fraction of sp³-hybridized carbons (Fsp3) is 0.478. The molecule has 0 spiro atoms. The minimum Gasteiger partial charge on any atom is -0.489 e. The first-order valence-electron chi connectivity index (χ1n) is 21.1. The lowest BCUT2D eigenvalue weighted by atomic mass is 9.49. The number of nitrogens with one attached hydrogen (secondary N) is 2. The third kappa shape index (κ3) is 8.57. The second-order valence-electron chi connectivity index (χ2n) is 18.0. The normalized spacial score (nSPS) is 23.0. The van der Waals surface area contributed by atoms with Gasteiger partial charge in [-0.25, -0.2) is 4.98 Å². The van der Waals surface area contributed by atoms with Crippen LogP contribution in [0.3, 0.4) is 0 Å². The van der Waals surface area contributed by atoms with E-state index < -0.39 is 11.9 Å². The SMILES string of the molecule is CC1(C)[C@H](NC(=O)c2ccc(C#CC3CCN(CC4CCN(c5ccc6nnn(C7CCC(=O)NC7=O)c(=O)c6c5)CC4)CC3)nc2)C(C)(C)[C@H]1Oc1ccc(C#N)c(Cl)c1. The van der Waals surface area contributed by atoms with Crippen molar-refractivity contribution in [2.75, 3.05) is 37.6 Å². The predicted octanol–water partition coefficient (Wildman–Crippen LogP) is 5.28. The Hall–Kier alpha value is -5.83. The molecule has 4 aromatic rings. The number of pyridine rings is 1. The fourth-order valence-corrected chi connectivity index (χ4v) is 10.2. The molecule has 3 aliphatic heterocycles. The van der Waals surface area contributed by atoms with Crippen molar-refractivity contribution in [2.45, 2.75) is 84.4 Å². The Kier molecular flexibility index (Phi) is 11.6. The monoisotopic (exact) mass is 843 g/mol.